The molecule has 14 nitrogen and oxygen atoms in total. The zero-order chi connectivity index (χ0) is 31.6. The molecule has 1 saturated carbocycles. The number of benzene rings is 1. The number of phenolic OH excluding ortho intramolecular Hbond substituents is 2. The van der Waals surface area contributed by atoms with E-state index in [1.54, 1.807) is 25.1 Å². The summed E-state index contributed by atoms with van der Waals surface area (Å²) in [5, 5.41) is 36.7. The van der Waals surface area contributed by atoms with Crippen molar-refractivity contribution in [3.05, 3.63) is 52.9 Å². The molecular weight excluding hydrogens is 622 g/mol. The van der Waals surface area contributed by atoms with E-state index in [-0.39, 0.29) is 46.5 Å². The summed E-state index contributed by atoms with van der Waals surface area (Å²) in [5.74, 6) is -2.07. The lowest BCUT2D eigenvalue weighted by atomic mass is 10.0. The number of nitrogens with zero attached hydrogens (tertiary/aromatic N) is 6. The maximum absolute atomic E-state index is 13.2. The largest absolute Gasteiger partial charge is 0.504 e. The highest BCUT2D eigenvalue weighted by atomic mass is 32.2. The highest BCUT2D eigenvalue weighted by Crippen LogP contribution is 2.42. The van der Waals surface area contributed by atoms with Gasteiger partial charge in [0.2, 0.25) is 11.8 Å². The number of β-lactam (4-membered cyclic amide) rings is 1. The number of amides is 3. The smallest absolute Gasteiger partial charge is 0.352 e. The van der Waals surface area contributed by atoms with Crippen molar-refractivity contribution in [1.29, 1.82) is 0 Å². The Hall–Kier alpha value is -4.57. The Bertz CT molecular complexity index is 1870. The van der Waals surface area contributed by atoms with Gasteiger partial charge in [-0.25, -0.2) is 9.78 Å². The third-order valence-electron chi connectivity index (χ3n) is 8.00. The van der Waals surface area contributed by atoms with E-state index in [4.69, 9.17) is 0 Å². The van der Waals surface area contributed by atoms with Crippen LogP contribution in [0.25, 0.3) is 17.2 Å². The first kappa shape index (κ1) is 29.2. The molecule has 3 amide bonds. The molecule has 5 heterocycles. The molecule has 0 unspecified atom stereocenters. The van der Waals surface area contributed by atoms with E-state index in [0.29, 0.717) is 46.1 Å². The first-order valence-corrected chi connectivity index (χ1v) is 16.2. The van der Waals surface area contributed by atoms with Gasteiger partial charge in [0, 0.05) is 35.2 Å². The van der Waals surface area contributed by atoms with Crippen LogP contribution in [0.5, 0.6) is 11.5 Å². The van der Waals surface area contributed by atoms with E-state index in [1.165, 1.54) is 33.3 Å². The zero-order valence-corrected chi connectivity index (χ0v) is 25.5. The number of aliphatic carboxylic acids is 1. The van der Waals surface area contributed by atoms with Gasteiger partial charge in [-0.15, -0.1) is 16.9 Å². The first-order valence-electron chi connectivity index (χ1n) is 14.2. The number of phenols is 2. The van der Waals surface area contributed by atoms with Crippen molar-refractivity contribution in [3.8, 4) is 22.9 Å². The molecule has 16 heteroatoms. The third-order valence-corrected chi connectivity index (χ3v) is 10.3. The lowest BCUT2D eigenvalue weighted by molar-refractivity contribution is -0.150. The summed E-state index contributed by atoms with van der Waals surface area (Å²) >= 11 is 2.51. The number of hydrogen-bond acceptors (Lipinski definition) is 11. The molecule has 2 aromatic heterocycles. The second-order valence-corrected chi connectivity index (χ2v) is 13.3. The quantitative estimate of drug-likeness (QED) is 0.0909. The van der Waals surface area contributed by atoms with Crippen LogP contribution < -0.4 is 5.32 Å². The van der Waals surface area contributed by atoms with Crippen molar-refractivity contribution in [1.82, 2.24) is 34.7 Å². The number of allylic oxidation sites excluding steroid dienone is 1. The predicted octanol–water partition coefficient (Wildman–Crippen LogP) is 1.66. The number of carboxylic acids is 1. The van der Waals surface area contributed by atoms with E-state index >= 15 is 0 Å². The molecule has 7 rings (SSSR count). The van der Waals surface area contributed by atoms with Crippen molar-refractivity contribution in [3.63, 3.8) is 0 Å². The van der Waals surface area contributed by atoms with Gasteiger partial charge in [-0.1, -0.05) is 11.8 Å². The topological polar surface area (TPSA) is 191 Å². The lowest BCUT2D eigenvalue weighted by Crippen LogP contribution is -2.70. The monoisotopic (exact) mass is 649 g/mol. The number of likely N-dealkylation sites (tertiary alicyclic amines) is 1. The van der Waals surface area contributed by atoms with Crippen LogP contribution in [-0.2, 0) is 19.2 Å². The highest BCUT2D eigenvalue weighted by Gasteiger charge is 2.54. The van der Waals surface area contributed by atoms with Gasteiger partial charge in [0.25, 0.3) is 11.7 Å². The summed E-state index contributed by atoms with van der Waals surface area (Å²) in [5.41, 5.74) is 1.94. The van der Waals surface area contributed by atoms with Crippen LogP contribution in [-0.4, -0.2) is 104 Å². The number of carbonyl (C=O) groups is 4. The van der Waals surface area contributed by atoms with Gasteiger partial charge in [-0.05, 0) is 62.1 Å². The molecule has 0 spiro atoms. The zero-order valence-electron chi connectivity index (χ0n) is 23.8. The summed E-state index contributed by atoms with van der Waals surface area (Å²) in [6.45, 7) is 2.40. The summed E-state index contributed by atoms with van der Waals surface area (Å²) in [7, 11) is 0. The molecule has 4 aliphatic rings. The minimum Gasteiger partial charge on any atom is -0.504 e. The lowest BCUT2D eigenvalue weighted by Gasteiger charge is -2.49. The van der Waals surface area contributed by atoms with Gasteiger partial charge in [-0.2, -0.15) is 9.50 Å². The molecule has 1 aromatic carbocycles. The van der Waals surface area contributed by atoms with Gasteiger partial charge in [-0.3, -0.25) is 19.3 Å². The molecule has 2 atom stereocenters. The average Bonchev–Trinajstić information content (AvgIpc) is 3.66. The number of carbonyl (C=O) groups excluding carboxylic acids is 3. The molecule has 3 fully saturated rings. The number of carboxylic acid groups (broad SMARTS) is 1. The van der Waals surface area contributed by atoms with E-state index in [0.717, 1.165) is 24.6 Å². The Morgan fingerprint density at radius 2 is 1.96 bits per heavy atom. The van der Waals surface area contributed by atoms with Crippen LogP contribution in [0.3, 0.4) is 0 Å². The number of fused-ring (bicyclic) bond motifs is 2. The van der Waals surface area contributed by atoms with Crippen LogP contribution in [0.15, 0.2) is 52.2 Å². The summed E-state index contributed by atoms with van der Waals surface area (Å²) < 4.78 is 1.47. The van der Waals surface area contributed by atoms with Crippen molar-refractivity contribution in [2.45, 2.75) is 48.7 Å². The molecule has 0 bridgehead atoms. The number of aryl methyl sites for hydroxylation is 1. The molecule has 3 aliphatic heterocycles. The van der Waals surface area contributed by atoms with Crippen LogP contribution in [0.4, 0.5) is 0 Å². The number of hydrogen-bond donors (Lipinski definition) is 4. The number of aromatic hydroxyl groups is 2. The fourth-order valence-electron chi connectivity index (χ4n) is 5.66. The van der Waals surface area contributed by atoms with E-state index in [2.05, 4.69) is 20.4 Å². The van der Waals surface area contributed by atoms with Gasteiger partial charge in [0.15, 0.2) is 17.3 Å². The minimum absolute atomic E-state index is 0.0620. The Labute approximate surface area is 264 Å². The van der Waals surface area contributed by atoms with E-state index in [1.807, 2.05) is 4.90 Å². The molecule has 2 saturated heterocycles. The second kappa shape index (κ2) is 11.1. The number of nitrogens with one attached hydrogen (secondary N) is 1. The van der Waals surface area contributed by atoms with Crippen LogP contribution in [0.1, 0.15) is 25.0 Å². The number of rotatable bonds is 8. The van der Waals surface area contributed by atoms with Crippen molar-refractivity contribution in [2.24, 2.45) is 0 Å². The molecule has 3 aromatic rings. The number of thioether (sulfide) groups is 2. The maximum Gasteiger partial charge on any atom is 0.352 e. The first-order chi connectivity index (χ1) is 21.6. The third kappa shape index (κ3) is 5.27. The Kier molecular flexibility index (Phi) is 7.19. The fourth-order valence-corrected chi connectivity index (χ4v) is 7.83. The molecule has 4 N–H and O–H groups in total. The Morgan fingerprint density at radius 1 is 1.16 bits per heavy atom. The highest BCUT2D eigenvalue weighted by molar-refractivity contribution is 8.00. The van der Waals surface area contributed by atoms with Gasteiger partial charge in [0.05, 0.1) is 5.75 Å². The molecule has 232 valence electrons. The average molecular weight is 650 g/mol. The van der Waals surface area contributed by atoms with E-state index < -0.39 is 29.2 Å². The SMILES string of the molecule is Cc1cc(SCC(=O)N[C@@H]2C(=O)N3C(C(=O)O)=C(C=C4CCN(C5CC5)C4=O)CS[C@H]23)n2nc(-c3ccc(O)c(O)c3)nc2n1. The van der Waals surface area contributed by atoms with Crippen LogP contribution in [0, 0.1) is 6.92 Å². The van der Waals surface area contributed by atoms with Gasteiger partial charge < -0.3 is 25.5 Å². The normalized spacial score (nSPS) is 22.3. The fraction of sp³-hybridized carbons (Fsp3) is 0.345. The van der Waals surface area contributed by atoms with Crippen molar-refractivity contribution >= 4 is 53.0 Å². The van der Waals surface area contributed by atoms with Gasteiger partial charge >= 0.3 is 5.97 Å². The van der Waals surface area contributed by atoms with Crippen molar-refractivity contribution < 1.29 is 34.5 Å². The maximum atomic E-state index is 13.2. The summed E-state index contributed by atoms with van der Waals surface area (Å²) in [6.07, 6.45) is 4.16. The summed E-state index contributed by atoms with van der Waals surface area (Å²) in [4.78, 5) is 63.0. The van der Waals surface area contributed by atoms with E-state index in [9.17, 15) is 34.5 Å². The standard InChI is InChI=1S/C29H27N7O7S2/c1-13-8-21(36-29(30-13)32-24(33-36)14-2-5-18(37)19(38)10-14)44-12-20(39)31-22-26(41)35-23(28(42)43)16(11-45-27(22)35)9-15-6-7-34(25(15)40)17-3-4-17/h2,5,8-10,17,22,27,37-38H,3-4,6-7,11-12H2,1H3,(H,31,39)(H,42,43)/t22-,27-/m1/s1. The predicted molar refractivity (Wildman–Crippen MR) is 162 cm³/mol. The van der Waals surface area contributed by atoms with Crippen molar-refractivity contribution in [2.75, 3.05) is 18.1 Å². The molecule has 45 heavy (non-hydrogen) atoms. The second-order valence-electron chi connectivity index (χ2n) is 11.2. The Balaban J connectivity index is 1.03. The van der Waals surface area contributed by atoms with Crippen LogP contribution >= 0.6 is 23.5 Å². The van der Waals surface area contributed by atoms with Crippen LogP contribution in [0.2, 0.25) is 0 Å². The number of aromatic nitrogens is 4. The Morgan fingerprint density at radius 3 is 2.69 bits per heavy atom. The molecule has 0 radical (unpaired) electrons. The molecular formula is C29H27N7O7S2. The summed E-state index contributed by atoms with van der Waals surface area (Å²) in [6, 6.07) is 5.36. The minimum atomic E-state index is -1.25. The molecule has 1 aliphatic carbocycles. The van der Waals surface area contributed by atoms with Gasteiger partial charge in [0.1, 0.15) is 22.1 Å².